The van der Waals surface area contributed by atoms with Gasteiger partial charge in [0, 0.05) is 33.7 Å². The standard InChI is InChI=1S/C18H14NO2S/c20-12-22-11-9-14-8-10-19-16(17(14)22)7-6-15(18(19)21)13-4-2-1-3-5-13/h1-11,20H,12H2/q+1. The van der Waals surface area contributed by atoms with Crippen molar-refractivity contribution >= 4 is 26.1 Å². The third-order valence-electron chi connectivity index (χ3n) is 3.91. The van der Waals surface area contributed by atoms with E-state index in [1.165, 1.54) is 0 Å². The number of hydrogen-bond acceptors (Lipinski definition) is 2. The van der Waals surface area contributed by atoms with E-state index in [-0.39, 0.29) is 22.0 Å². The summed E-state index contributed by atoms with van der Waals surface area (Å²) in [6.07, 6.45) is 1.82. The molecule has 4 heteroatoms. The monoisotopic (exact) mass is 308 g/mol. The van der Waals surface area contributed by atoms with E-state index in [4.69, 9.17) is 0 Å². The Kier molecular flexibility index (Phi) is 3.06. The summed E-state index contributed by atoms with van der Waals surface area (Å²) in [5.41, 5.74) is 2.46. The van der Waals surface area contributed by atoms with Crippen molar-refractivity contribution in [3.63, 3.8) is 0 Å². The van der Waals surface area contributed by atoms with Gasteiger partial charge in [0.05, 0.1) is 0 Å². The van der Waals surface area contributed by atoms with Crippen LogP contribution in [-0.2, 0) is 5.94 Å². The van der Waals surface area contributed by atoms with Gasteiger partial charge in [0.25, 0.3) is 5.56 Å². The van der Waals surface area contributed by atoms with Gasteiger partial charge >= 0.3 is 0 Å². The zero-order valence-electron chi connectivity index (χ0n) is 11.8. The molecule has 1 unspecified atom stereocenters. The molecule has 0 saturated heterocycles. The molecule has 0 amide bonds. The van der Waals surface area contributed by atoms with Gasteiger partial charge in [0.1, 0.15) is 10.9 Å². The highest BCUT2D eigenvalue weighted by Gasteiger charge is 2.17. The summed E-state index contributed by atoms with van der Waals surface area (Å²) in [6.45, 7) is 0. The SMILES string of the molecule is O=c1c(-c2ccccc2)ccc2c3c(ccn12)cc[s+]3CO. The number of aliphatic hydroxyl groups is 1. The highest BCUT2D eigenvalue weighted by atomic mass is 32.2. The van der Waals surface area contributed by atoms with Crippen molar-refractivity contribution in [1.29, 1.82) is 0 Å². The third-order valence-corrected chi connectivity index (χ3v) is 5.62. The van der Waals surface area contributed by atoms with Crippen LogP contribution < -0.4 is 5.56 Å². The molecule has 0 aliphatic rings. The van der Waals surface area contributed by atoms with Crippen LogP contribution >= 0.6 is 10.5 Å². The Morgan fingerprint density at radius 2 is 1.82 bits per heavy atom. The van der Waals surface area contributed by atoms with Crippen molar-refractivity contribution in [2.45, 2.75) is 5.94 Å². The second kappa shape index (κ2) is 5.09. The zero-order valence-corrected chi connectivity index (χ0v) is 12.6. The van der Waals surface area contributed by atoms with Crippen molar-refractivity contribution in [2.75, 3.05) is 0 Å². The molecule has 0 radical (unpaired) electrons. The largest absolute Gasteiger partial charge is 0.348 e. The molecule has 108 valence electrons. The molecular formula is C18H14NO2S+. The fraction of sp³-hybridized carbons (Fsp3) is 0.0556. The molecule has 1 atom stereocenters. The first-order valence-corrected chi connectivity index (χ1v) is 8.48. The van der Waals surface area contributed by atoms with E-state index in [2.05, 4.69) is 0 Å². The van der Waals surface area contributed by atoms with Crippen molar-refractivity contribution in [3.8, 4) is 11.1 Å². The second-order valence-electron chi connectivity index (χ2n) is 5.13. The molecular weight excluding hydrogens is 294 g/mol. The first-order valence-electron chi connectivity index (χ1n) is 7.02. The molecule has 1 aromatic carbocycles. The van der Waals surface area contributed by atoms with Gasteiger partial charge in [0.15, 0.2) is 0 Å². The van der Waals surface area contributed by atoms with Gasteiger partial charge in [-0.1, -0.05) is 30.3 Å². The minimum Gasteiger partial charge on any atom is -0.348 e. The summed E-state index contributed by atoms with van der Waals surface area (Å²) in [5, 5.41) is 12.6. The van der Waals surface area contributed by atoms with Gasteiger partial charge in [-0.15, -0.1) is 0 Å². The summed E-state index contributed by atoms with van der Waals surface area (Å²) >= 11 is 0. The Balaban J connectivity index is 2.09. The maximum atomic E-state index is 12.8. The molecule has 0 bridgehead atoms. The van der Waals surface area contributed by atoms with Crippen LogP contribution in [0, 0.1) is 0 Å². The van der Waals surface area contributed by atoms with E-state index in [1.54, 1.807) is 4.40 Å². The average molecular weight is 308 g/mol. The molecule has 3 heterocycles. The van der Waals surface area contributed by atoms with Gasteiger partial charge in [-0.25, -0.2) is 0 Å². The lowest BCUT2D eigenvalue weighted by atomic mass is 10.1. The fourth-order valence-electron chi connectivity index (χ4n) is 2.85. The first kappa shape index (κ1) is 13.2. The van der Waals surface area contributed by atoms with Crippen LogP contribution in [0.25, 0.3) is 26.7 Å². The molecule has 0 fully saturated rings. The van der Waals surface area contributed by atoms with Gasteiger partial charge in [-0.05, 0) is 23.8 Å². The van der Waals surface area contributed by atoms with Crippen LogP contribution in [0.4, 0.5) is 0 Å². The smallest absolute Gasteiger partial charge is 0.263 e. The summed E-state index contributed by atoms with van der Waals surface area (Å²) in [4.78, 5) is 12.8. The maximum absolute atomic E-state index is 12.8. The molecule has 22 heavy (non-hydrogen) atoms. The minimum absolute atomic E-state index is 0.0279. The number of hydrogen-bond donors (Lipinski definition) is 1. The average Bonchev–Trinajstić information content (AvgIpc) is 2.99. The number of benzene rings is 1. The molecule has 0 spiro atoms. The number of aliphatic hydroxyl groups excluding tert-OH is 1. The highest BCUT2D eigenvalue weighted by Crippen LogP contribution is 2.34. The van der Waals surface area contributed by atoms with E-state index in [0.717, 1.165) is 21.2 Å². The lowest BCUT2D eigenvalue weighted by Crippen LogP contribution is -2.15. The highest BCUT2D eigenvalue weighted by molar-refractivity contribution is 7.35. The van der Waals surface area contributed by atoms with Gasteiger partial charge < -0.3 is 5.11 Å². The number of fused-ring (bicyclic) bond motifs is 3. The molecule has 3 nitrogen and oxygen atoms in total. The van der Waals surface area contributed by atoms with E-state index >= 15 is 0 Å². The normalized spacial score (nSPS) is 12.1. The van der Waals surface area contributed by atoms with E-state index < -0.39 is 0 Å². The summed E-state index contributed by atoms with van der Waals surface area (Å²) in [6, 6.07) is 17.5. The molecule has 0 saturated carbocycles. The number of pyridine rings is 2. The fourth-order valence-corrected chi connectivity index (χ4v) is 4.39. The maximum Gasteiger partial charge on any atom is 0.263 e. The van der Waals surface area contributed by atoms with Crippen LogP contribution in [-0.4, -0.2) is 9.51 Å². The van der Waals surface area contributed by atoms with Crippen molar-refractivity contribution < 1.29 is 5.11 Å². The van der Waals surface area contributed by atoms with Crippen molar-refractivity contribution in [1.82, 2.24) is 4.40 Å². The second-order valence-corrected chi connectivity index (χ2v) is 6.93. The Labute approximate surface area is 129 Å². The molecule has 0 aliphatic heterocycles. The lowest BCUT2D eigenvalue weighted by molar-refractivity contribution is 0.323. The number of rotatable bonds is 2. The Morgan fingerprint density at radius 1 is 1.00 bits per heavy atom. The zero-order chi connectivity index (χ0) is 15.1. The Bertz CT molecular complexity index is 1030. The molecule has 4 rings (SSSR count). The van der Waals surface area contributed by atoms with Crippen molar-refractivity contribution in [2.24, 2.45) is 0 Å². The molecule has 0 aliphatic carbocycles. The number of aromatic nitrogens is 1. The topological polar surface area (TPSA) is 41.7 Å². The van der Waals surface area contributed by atoms with Gasteiger partial charge in [-0.3, -0.25) is 9.20 Å². The first-order chi connectivity index (χ1) is 10.8. The molecule has 1 N–H and O–H groups in total. The van der Waals surface area contributed by atoms with Crippen LogP contribution in [0.2, 0.25) is 0 Å². The van der Waals surface area contributed by atoms with Crippen LogP contribution in [0.15, 0.2) is 71.0 Å². The third kappa shape index (κ3) is 1.89. The predicted molar refractivity (Wildman–Crippen MR) is 91.3 cm³/mol. The van der Waals surface area contributed by atoms with E-state index in [9.17, 15) is 9.90 Å². The van der Waals surface area contributed by atoms with E-state index in [1.807, 2.05) is 66.2 Å². The predicted octanol–water partition coefficient (Wildman–Crippen LogP) is 3.82. The van der Waals surface area contributed by atoms with E-state index in [0.29, 0.717) is 5.56 Å². The Morgan fingerprint density at radius 3 is 2.59 bits per heavy atom. The van der Waals surface area contributed by atoms with Crippen LogP contribution in [0.5, 0.6) is 0 Å². The lowest BCUT2D eigenvalue weighted by Gasteiger charge is -2.05. The molecule has 3 aromatic heterocycles. The summed E-state index contributed by atoms with van der Waals surface area (Å²) in [5.74, 6) is 0.0812. The number of thiophene rings is 1. The van der Waals surface area contributed by atoms with Crippen LogP contribution in [0.1, 0.15) is 0 Å². The van der Waals surface area contributed by atoms with Gasteiger partial charge in [0.2, 0.25) is 10.6 Å². The molecule has 4 aromatic rings. The van der Waals surface area contributed by atoms with Crippen LogP contribution in [0.3, 0.4) is 0 Å². The van der Waals surface area contributed by atoms with Crippen molar-refractivity contribution in [3.05, 3.63) is 76.5 Å². The summed E-state index contributed by atoms with van der Waals surface area (Å²) in [7, 11) is -0.328. The Hall–Kier alpha value is -2.43. The summed E-state index contributed by atoms with van der Waals surface area (Å²) < 4.78 is 2.74. The minimum atomic E-state index is -0.328. The quantitative estimate of drug-likeness (QED) is 0.572. The van der Waals surface area contributed by atoms with Gasteiger partial charge in [-0.2, -0.15) is 0 Å². The number of nitrogens with zero attached hydrogens (tertiary/aromatic N) is 1.